The molecule has 0 aliphatic heterocycles. The van der Waals surface area contributed by atoms with Crippen LogP contribution in [0.3, 0.4) is 0 Å². The van der Waals surface area contributed by atoms with Gasteiger partial charge < -0.3 is 9.64 Å². The molecule has 1 amide bonds. The summed E-state index contributed by atoms with van der Waals surface area (Å²) in [5, 5.41) is 0. The number of amides is 1. The topological polar surface area (TPSA) is 29.5 Å². The van der Waals surface area contributed by atoms with Crippen molar-refractivity contribution < 1.29 is 9.53 Å². The first-order valence-electron chi connectivity index (χ1n) is 5.98. The molecule has 0 saturated carbocycles. The number of hydrogen-bond donors (Lipinski definition) is 1. The van der Waals surface area contributed by atoms with Gasteiger partial charge in [-0.3, -0.25) is 4.79 Å². The van der Waals surface area contributed by atoms with Crippen molar-refractivity contribution in [1.82, 2.24) is 4.90 Å². The summed E-state index contributed by atoms with van der Waals surface area (Å²) in [5.74, 6) is 1.52. The van der Waals surface area contributed by atoms with Gasteiger partial charge in [0.2, 0.25) is 5.91 Å². The first kappa shape index (κ1) is 14.9. The minimum absolute atomic E-state index is 0.102. The molecule has 0 N–H and O–H groups in total. The van der Waals surface area contributed by atoms with Crippen LogP contribution >= 0.6 is 12.6 Å². The van der Waals surface area contributed by atoms with Crippen LogP contribution in [0.15, 0.2) is 12.1 Å². The maximum atomic E-state index is 11.7. The fourth-order valence-electron chi connectivity index (χ4n) is 1.79. The second-order valence-corrected chi connectivity index (χ2v) is 4.92. The lowest BCUT2D eigenvalue weighted by Crippen LogP contribution is -2.26. The molecular weight excluding hydrogens is 246 g/mol. The number of carbonyl (C=O) groups is 1. The lowest BCUT2D eigenvalue weighted by Gasteiger charge is -2.19. The molecule has 1 aromatic carbocycles. The zero-order valence-corrected chi connectivity index (χ0v) is 12.4. The van der Waals surface area contributed by atoms with E-state index in [1.807, 2.05) is 6.07 Å². The van der Waals surface area contributed by atoms with E-state index < -0.39 is 0 Å². The lowest BCUT2D eigenvalue weighted by molar-refractivity contribution is -0.129. The van der Waals surface area contributed by atoms with Crippen molar-refractivity contribution in [1.29, 1.82) is 0 Å². The Morgan fingerprint density at radius 2 is 1.94 bits per heavy atom. The largest absolute Gasteiger partial charge is 0.496 e. The fraction of sp³-hybridized carbons (Fsp3) is 0.500. The molecule has 18 heavy (non-hydrogen) atoms. The zero-order valence-electron chi connectivity index (χ0n) is 11.5. The SMILES string of the molecule is COc1cc(C)c(C)cc1CN(C)C(=O)CCS. The highest BCUT2D eigenvalue weighted by atomic mass is 32.1. The minimum atomic E-state index is 0.102. The maximum Gasteiger partial charge on any atom is 0.223 e. The first-order valence-corrected chi connectivity index (χ1v) is 6.61. The van der Waals surface area contributed by atoms with Crippen LogP contribution in [0.25, 0.3) is 0 Å². The number of aryl methyl sites for hydroxylation is 2. The summed E-state index contributed by atoms with van der Waals surface area (Å²) >= 11 is 4.08. The van der Waals surface area contributed by atoms with Gasteiger partial charge in [0.15, 0.2) is 0 Å². The Morgan fingerprint density at radius 3 is 2.50 bits per heavy atom. The standard InChI is InChI=1S/C14H21NO2S/c1-10-7-12(13(17-4)8-11(10)2)9-15(3)14(16)5-6-18/h7-8,18H,5-6,9H2,1-4H3. The smallest absolute Gasteiger partial charge is 0.223 e. The summed E-state index contributed by atoms with van der Waals surface area (Å²) in [5.41, 5.74) is 3.44. The second-order valence-electron chi connectivity index (χ2n) is 4.47. The number of benzene rings is 1. The number of carbonyl (C=O) groups excluding carboxylic acids is 1. The predicted molar refractivity (Wildman–Crippen MR) is 77.4 cm³/mol. The summed E-state index contributed by atoms with van der Waals surface area (Å²) in [4.78, 5) is 13.4. The van der Waals surface area contributed by atoms with Crippen molar-refractivity contribution in [3.05, 3.63) is 28.8 Å². The van der Waals surface area contributed by atoms with Crippen LogP contribution in [0.5, 0.6) is 5.75 Å². The quantitative estimate of drug-likeness (QED) is 0.831. The van der Waals surface area contributed by atoms with E-state index in [1.165, 1.54) is 11.1 Å². The van der Waals surface area contributed by atoms with Gasteiger partial charge in [0.25, 0.3) is 0 Å². The number of methoxy groups -OCH3 is 1. The van der Waals surface area contributed by atoms with Crippen molar-refractivity contribution >= 4 is 18.5 Å². The molecule has 1 rings (SSSR count). The lowest BCUT2D eigenvalue weighted by atomic mass is 10.0. The molecule has 3 nitrogen and oxygen atoms in total. The maximum absolute atomic E-state index is 11.7. The van der Waals surface area contributed by atoms with Gasteiger partial charge in [-0.25, -0.2) is 0 Å². The molecule has 0 unspecified atom stereocenters. The van der Waals surface area contributed by atoms with Crippen LogP contribution in [-0.2, 0) is 11.3 Å². The Labute approximate surface area is 115 Å². The van der Waals surface area contributed by atoms with Crippen molar-refractivity contribution in [3.8, 4) is 5.75 Å². The third-order valence-electron chi connectivity index (χ3n) is 3.06. The van der Waals surface area contributed by atoms with Crippen molar-refractivity contribution in [2.24, 2.45) is 0 Å². The van der Waals surface area contributed by atoms with E-state index in [9.17, 15) is 4.79 Å². The Morgan fingerprint density at radius 1 is 1.33 bits per heavy atom. The molecule has 0 saturated heterocycles. The van der Waals surface area contributed by atoms with E-state index in [2.05, 4.69) is 32.5 Å². The van der Waals surface area contributed by atoms with E-state index >= 15 is 0 Å². The van der Waals surface area contributed by atoms with Crippen LogP contribution in [0.1, 0.15) is 23.1 Å². The summed E-state index contributed by atoms with van der Waals surface area (Å²) in [6.07, 6.45) is 0.465. The molecule has 1 aromatic rings. The highest BCUT2D eigenvalue weighted by Crippen LogP contribution is 2.24. The molecule has 0 heterocycles. The third-order valence-corrected chi connectivity index (χ3v) is 3.28. The average molecular weight is 267 g/mol. The predicted octanol–water partition coefficient (Wildman–Crippen LogP) is 2.59. The van der Waals surface area contributed by atoms with Crippen LogP contribution in [0, 0.1) is 13.8 Å². The summed E-state index contributed by atoms with van der Waals surface area (Å²) in [6.45, 7) is 4.68. The number of ether oxygens (including phenoxy) is 1. The monoisotopic (exact) mass is 267 g/mol. The molecule has 4 heteroatoms. The third kappa shape index (κ3) is 3.67. The molecule has 100 valence electrons. The van der Waals surface area contributed by atoms with Crippen molar-refractivity contribution in [2.45, 2.75) is 26.8 Å². The highest BCUT2D eigenvalue weighted by Gasteiger charge is 2.12. The van der Waals surface area contributed by atoms with Gasteiger partial charge >= 0.3 is 0 Å². The number of thiol groups is 1. The van der Waals surface area contributed by atoms with Crippen LogP contribution in [0.2, 0.25) is 0 Å². The molecule has 0 aliphatic rings. The van der Waals surface area contributed by atoms with Gasteiger partial charge in [0, 0.05) is 25.6 Å². The van der Waals surface area contributed by atoms with Crippen LogP contribution in [-0.4, -0.2) is 30.7 Å². The zero-order chi connectivity index (χ0) is 13.7. The molecular formula is C14H21NO2S. The van der Waals surface area contributed by atoms with E-state index in [4.69, 9.17) is 4.74 Å². The molecule has 0 aliphatic carbocycles. The summed E-state index contributed by atoms with van der Waals surface area (Å²) < 4.78 is 5.37. The highest BCUT2D eigenvalue weighted by molar-refractivity contribution is 7.80. The Bertz CT molecular complexity index is 432. The van der Waals surface area contributed by atoms with Gasteiger partial charge in [-0.1, -0.05) is 6.07 Å². The summed E-state index contributed by atoms with van der Waals surface area (Å²) in [6, 6.07) is 4.10. The van der Waals surface area contributed by atoms with Crippen LogP contribution in [0.4, 0.5) is 0 Å². The minimum Gasteiger partial charge on any atom is -0.496 e. The molecule has 0 aromatic heterocycles. The van der Waals surface area contributed by atoms with Gasteiger partial charge in [0.05, 0.1) is 7.11 Å². The van der Waals surface area contributed by atoms with Gasteiger partial charge in [-0.2, -0.15) is 12.6 Å². The number of nitrogens with zero attached hydrogens (tertiary/aromatic N) is 1. The fourth-order valence-corrected chi connectivity index (χ4v) is 1.98. The summed E-state index contributed by atoms with van der Waals surface area (Å²) in [7, 11) is 3.46. The molecule has 0 bridgehead atoms. The average Bonchev–Trinajstić information content (AvgIpc) is 2.33. The number of hydrogen-bond acceptors (Lipinski definition) is 3. The second kappa shape index (κ2) is 6.69. The Hall–Kier alpha value is -1.16. The van der Waals surface area contributed by atoms with Gasteiger partial charge in [-0.05, 0) is 36.8 Å². The first-order chi connectivity index (χ1) is 8.49. The van der Waals surface area contributed by atoms with Gasteiger partial charge in [-0.15, -0.1) is 0 Å². The van der Waals surface area contributed by atoms with E-state index in [0.29, 0.717) is 18.7 Å². The molecule has 0 atom stereocenters. The van der Waals surface area contributed by atoms with Crippen LogP contribution < -0.4 is 4.74 Å². The van der Waals surface area contributed by atoms with Gasteiger partial charge in [0.1, 0.15) is 5.75 Å². The molecule has 0 spiro atoms. The van der Waals surface area contributed by atoms with E-state index in [-0.39, 0.29) is 5.91 Å². The normalized spacial score (nSPS) is 10.3. The van der Waals surface area contributed by atoms with E-state index in [1.54, 1.807) is 19.1 Å². The Balaban J connectivity index is 2.89. The number of rotatable bonds is 5. The Kier molecular flexibility index (Phi) is 5.54. The van der Waals surface area contributed by atoms with E-state index in [0.717, 1.165) is 11.3 Å². The molecule has 0 radical (unpaired) electrons. The molecule has 0 fully saturated rings. The van der Waals surface area contributed by atoms with Crippen molar-refractivity contribution in [2.75, 3.05) is 19.9 Å². The van der Waals surface area contributed by atoms with Crippen molar-refractivity contribution in [3.63, 3.8) is 0 Å².